The summed E-state index contributed by atoms with van der Waals surface area (Å²) in [5.74, 6) is 0.954. The molecule has 23 heavy (non-hydrogen) atoms. The molecule has 1 atom stereocenters. The maximum atomic E-state index is 5.49. The van der Waals surface area contributed by atoms with E-state index in [4.69, 9.17) is 4.74 Å². The third-order valence-corrected chi connectivity index (χ3v) is 6.38. The number of rotatable bonds is 7. The van der Waals surface area contributed by atoms with Gasteiger partial charge in [-0.15, -0.1) is 0 Å². The Labute approximate surface area is 144 Å². The van der Waals surface area contributed by atoms with Crippen LogP contribution in [0.5, 0.6) is 0 Å². The minimum atomic E-state index is 0.324. The van der Waals surface area contributed by atoms with E-state index in [-0.39, 0.29) is 0 Å². The van der Waals surface area contributed by atoms with Crippen molar-refractivity contribution in [2.24, 2.45) is 5.92 Å². The van der Waals surface area contributed by atoms with Gasteiger partial charge in [0.25, 0.3) is 0 Å². The van der Waals surface area contributed by atoms with E-state index < -0.39 is 0 Å². The fraction of sp³-hybridized carbons (Fsp3) is 1.00. The van der Waals surface area contributed by atoms with Gasteiger partial charge in [-0.05, 0) is 78.2 Å². The Balaban J connectivity index is 1.67. The van der Waals surface area contributed by atoms with Crippen LogP contribution in [-0.2, 0) is 4.74 Å². The zero-order valence-corrected chi connectivity index (χ0v) is 16.3. The molecule has 0 N–H and O–H groups in total. The van der Waals surface area contributed by atoms with Crippen molar-refractivity contribution in [2.75, 3.05) is 33.3 Å². The molecular weight excluding hydrogens is 284 g/mol. The van der Waals surface area contributed by atoms with Crippen molar-refractivity contribution < 1.29 is 4.74 Å². The summed E-state index contributed by atoms with van der Waals surface area (Å²) in [5.41, 5.74) is 0.324. The van der Waals surface area contributed by atoms with Gasteiger partial charge >= 0.3 is 0 Å². The van der Waals surface area contributed by atoms with Crippen molar-refractivity contribution >= 4 is 0 Å². The molecule has 1 aliphatic carbocycles. The van der Waals surface area contributed by atoms with Gasteiger partial charge in [0.1, 0.15) is 0 Å². The van der Waals surface area contributed by atoms with Crippen molar-refractivity contribution in [1.82, 2.24) is 9.80 Å². The Bertz CT molecular complexity index is 337. The highest BCUT2D eigenvalue weighted by Gasteiger charge is 2.35. The Kier molecular flexibility index (Phi) is 7.37. The summed E-state index contributed by atoms with van der Waals surface area (Å²) in [6, 6.07) is 0.711. The van der Waals surface area contributed by atoms with E-state index in [1.807, 2.05) is 7.11 Å². The molecule has 1 saturated carbocycles. The number of methoxy groups -OCH3 is 1. The zero-order valence-electron chi connectivity index (χ0n) is 16.3. The van der Waals surface area contributed by atoms with Crippen LogP contribution in [0.4, 0.5) is 0 Å². The molecule has 0 aromatic carbocycles. The van der Waals surface area contributed by atoms with E-state index >= 15 is 0 Å². The number of hydrogen-bond acceptors (Lipinski definition) is 3. The monoisotopic (exact) mass is 324 g/mol. The first kappa shape index (κ1) is 19.2. The van der Waals surface area contributed by atoms with Crippen LogP contribution in [0.15, 0.2) is 0 Å². The van der Waals surface area contributed by atoms with Crippen LogP contribution in [0.1, 0.15) is 72.6 Å². The highest BCUT2D eigenvalue weighted by molar-refractivity contribution is 4.92. The van der Waals surface area contributed by atoms with Gasteiger partial charge in [0.15, 0.2) is 0 Å². The Morgan fingerprint density at radius 2 is 1.83 bits per heavy atom. The van der Waals surface area contributed by atoms with E-state index in [1.165, 1.54) is 71.1 Å². The van der Waals surface area contributed by atoms with Gasteiger partial charge in [0.05, 0.1) is 6.10 Å². The lowest BCUT2D eigenvalue weighted by molar-refractivity contribution is -0.00844. The first-order valence-electron chi connectivity index (χ1n) is 9.98. The van der Waals surface area contributed by atoms with Crippen molar-refractivity contribution in [2.45, 2.75) is 90.3 Å². The van der Waals surface area contributed by atoms with Crippen LogP contribution in [-0.4, -0.2) is 60.8 Å². The second kappa shape index (κ2) is 8.82. The molecule has 0 amide bonds. The van der Waals surface area contributed by atoms with Gasteiger partial charge in [0, 0.05) is 38.3 Å². The third-order valence-electron chi connectivity index (χ3n) is 6.38. The lowest BCUT2D eigenvalue weighted by atomic mass is 9.84. The Morgan fingerprint density at radius 1 is 1.13 bits per heavy atom. The maximum absolute atomic E-state index is 5.49. The summed E-state index contributed by atoms with van der Waals surface area (Å²) in [4.78, 5) is 5.43. The van der Waals surface area contributed by atoms with Gasteiger partial charge in [-0.3, -0.25) is 4.90 Å². The van der Waals surface area contributed by atoms with Crippen LogP contribution in [0, 0.1) is 5.92 Å². The van der Waals surface area contributed by atoms with E-state index in [2.05, 4.69) is 37.5 Å². The van der Waals surface area contributed by atoms with E-state index in [0.717, 1.165) is 5.92 Å². The van der Waals surface area contributed by atoms with Crippen molar-refractivity contribution in [3.05, 3.63) is 0 Å². The fourth-order valence-electron chi connectivity index (χ4n) is 4.76. The topological polar surface area (TPSA) is 15.7 Å². The second-order valence-corrected chi connectivity index (χ2v) is 8.56. The normalized spacial score (nSPS) is 31.2. The maximum Gasteiger partial charge on any atom is 0.0571 e. The molecule has 1 unspecified atom stereocenters. The Morgan fingerprint density at radius 3 is 2.39 bits per heavy atom. The third kappa shape index (κ3) is 5.44. The molecule has 0 radical (unpaired) electrons. The molecule has 3 nitrogen and oxygen atoms in total. The summed E-state index contributed by atoms with van der Waals surface area (Å²) in [5, 5.41) is 0. The molecule has 3 heteroatoms. The van der Waals surface area contributed by atoms with Crippen LogP contribution >= 0.6 is 0 Å². The largest absolute Gasteiger partial charge is 0.381 e. The van der Waals surface area contributed by atoms with E-state index in [1.54, 1.807) is 0 Å². The molecular formula is C20H40N2O. The Hall–Kier alpha value is -0.120. The highest BCUT2D eigenvalue weighted by atomic mass is 16.5. The first-order chi connectivity index (χ1) is 11.0. The van der Waals surface area contributed by atoms with Crippen molar-refractivity contribution in [1.29, 1.82) is 0 Å². The van der Waals surface area contributed by atoms with Crippen molar-refractivity contribution in [3.8, 4) is 0 Å². The predicted octanol–water partition coefficient (Wildman–Crippen LogP) is 4.17. The van der Waals surface area contributed by atoms with Gasteiger partial charge < -0.3 is 9.64 Å². The molecule has 0 aromatic rings. The number of piperazine rings is 1. The molecule has 2 fully saturated rings. The number of hydrogen-bond donors (Lipinski definition) is 0. The standard InChI is InChI=1S/C20H40N2O/c1-6-17(2)22-15-14-21(16-20(22,3)4)13-7-8-18-9-11-19(23-5)12-10-18/h17-19H,6-16H2,1-5H3. The van der Waals surface area contributed by atoms with Gasteiger partial charge in [-0.25, -0.2) is 0 Å². The highest BCUT2D eigenvalue weighted by Crippen LogP contribution is 2.30. The average Bonchev–Trinajstić information content (AvgIpc) is 2.54. The number of ether oxygens (including phenoxy) is 1. The molecule has 2 rings (SSSR count). The zero-order chi connectivity index (χ0) is 16.9. The summed E-state index contributed by atoms with van der Waals surface area (Å²) in [7, 11) is 1.87. The molecule has 1 heterocycles. The van der Waals surface area contributed by atoms with E-state index in [9.17, 15) is 0 Å². The van der Waals surface area contributed by atoms with Crippen LogP contribution < -0.4 is 0 Å². The molecule has 0 bridgehead atoms. The summed E-state index contributed by atoms with van der Waals surface area (Å²) < 4.78 is 5.49. The lowest BCUT2D eigenvalue weighted by Crippen LogP contribution is -2.61. The average molecular weight is 325 g/mol. The minimum Gasteiger partial charge on any atom is -0.381 e. The quantitative estimate of drug-likeness (QED) is 0.699. The van der Waals surface area contributed by atoms with Crippen LogP contribution in [0.2, 0.25) is 0 Å². The first-order valence-corrected chi connectivity index (χ1v) is 9.98. The van der Waals surface area contributed by atoms with E-state index in [0.29, 0.717) is 17.7 Å². The fourth-order valence-corrected chi connectivity index (χ4v) is 4.76. The smallest absolute Gasteiger partial charge is 0.0571 e. The van der Waals surface area contributed by atoms with Gasteiger partial charge in [0.2, 0.25) is 0 Å². The van der Waals surface area contributed by atoms with Crippen LogP contribution in [0.25, 0.3) is 0 Å². The predicted molar refractivity (Wildman–Crippen MR) is 99.0 cm³/mol. The molecule has 2 aliphatic rings. The summed E-state index contributed by atoms with van der Waals surface area (Å²) in [6.45, 7) is 14.6. The van der Waals surface area contributed by atoms with Gasteiger partial charge in [-0.2, -0.15) is 0 Å². The molecule has 1 saturated heterocycles. The van der Waals surface area contributed by atoms with Crippen molar-refractivity contribution in [3.63, 3.8) is 0 Å². The molecule has 1 aliphatic heterocycles. The minimum absolute atomic E-state index is 0.324. The summed E-state index contributed by atoms with van der Waals surface area (Å²) in [6.07, 6.45) is 9.92. The lowest BCUT2D eigenvalue weighted by Gasteiger charge is -2.50. The molecule has 136 valence electrons. The van der Waals surface area contributed by atoms with Gasteiger partial charge in [-0.1, -0.05) is 6.92 Å². The summed E-state index contributed by atoms with van der Waals surface area (Å²) >= 11 is 0. The molecule has 0 aromatic heterocycles. The second-order valence-electron chi connectivity index (χ2n) is 8.56. The SMILES string of the molecule is CCC(C)N1CCN(CCCC2CCC(OC)CC2)CC1(C)C. The molecule has 0 spiro atoms. The number of nitrogens with zero attached hydrogens (tertiary/aromatic N) is 2. The van der Waals surface area contributed by atoms with Crippen LogP contribution in [0.3, 0.4) is 0 Å².